The molecule has 0 spiro atoms. The predicted octanol–water partition coefficient (Wildman–Crippen LogP) is 2.68. The second kappa shape index (κ2) is 7.21. The van der Waals surface area contributed by atoms with Crippen LogP contribution in [0.1, 0.15) is 30.0 Å². The molecule has 1 aromatic carbocycles. The van der Waals surface area contributed by atoms with Crippen molar-refractivity contribution >= 4 is 0 Å². The number of H-pyrrole nitrogens is 2. The number of aromatic amines is 2. The highest BCUT2D eigenvalue weighted by atomic mass is 19.1. The van der Waals surface area contributed by atoms with E-state index in [2.05, 4.69) is 25.1 Å². The SMILES string of the molecule is O=c1cc([C@H]2CCCN(Cc3cn[nH]c3-c3ccc(F)cc3)C2)nc[nH]1. The fourth-order valence-corrected chi connectivity index (χ4v) is 3.59. The van der Waals surface area contributed by atoms with E-state index in [1.165, 1.54) is 18.5 Å². The standard InChI is InChI=1S/C19H20FN5O/c20-16-5-3-13(4-6-16)19-15(9-23-24-19)11-25-7-1-2-14(10-25)17-8-18(26)22-12-21-17/h3-6,8-9,12,14H,1-2,7,10-11H2,(H,23,24)(H,21,22,26)/t14-/m0/s1. The molecule has 1 fully saturated rings. The van der Waals surface area contributed by atoms with Gasteiger partial charge in [-0.1, -0.05) is 0 Å². The number of benzene rings is 1. The van der Waals surface area contributed by atoms with Crippen LogP contribution in [0.2, 0.25) is 0 Å². The van der Waals surface area contributed by atoms with Crippen LogP contribution >= 0.6 is 0 Å². The lowest BCUT2D eigenvalue weighted by Gasteiger charge is -2.32. The molecule has 0 aliphatic carbocycles. The lowest BCUT2D eigenvalue weighted by atomic mass is 9.94. The number of rotatable bonds is 4. The van der Waals surface area contributed by atoms with Crippen LogP contribution in [0.15, 0.2) is 47.7 Å². The van der Waals surface area contributed by atoms with E-state index in [9.17, 15) is 9.18 Å². The van der Waals surface area contributed by atoms with Crippen molar-refractivity contribution in [3.8, 4) is 11.3 Å². The molecule has 1 aliphatic rings. The monoisotopic (exact) mass is 353 g/mol. The molecule has 6 nitrogen and oxygen atoms in total. The van der Waals surface area contributed by atoms with Gasteiger partial charge in [0.05, 0.1) is 23.9 Å². The van der Waals surface area contributed by atoms with Crippen LogP contribution in [-0.4, -0.2) is 38.2 Å². The molecule has 1 aliphatic heterocycles. The van der Waals surface area contributed by atoms with Gasteiger partial charge in [0.2, 0.25) is 0 Å². The first kappa shape index (κ1) is 16.7. The third-order valence-electron chi connectivity index (χ3n) is 4.87. The Morgan fingerprint density at radius 3 is 2.92 bits per heavy atom. The molecule has 2 aromatic heterocycles. The van der Waals surface area contributed by atoms with Crippen molar-refractivity contribution in [3.05, 3.63) is 70.3 Å². The van der Waals surface area contributed by atoms with Gasteiger partial charge < -0.3 is 4.98 Å². The fraction of sp³-hybridized carbons (Fsp3) is 0.316. The number of piperidine rings is 1. The van der Waals surface area contributed by atoms with Crippen molar-refractivity contribution in [2.75, 3.05) is 13.1 Å². The first-order chi connectivity index (χ1) is 12.7. The van der Waals surface area contributed by atoms with E-state index in [1.807, 2.05) is 6.20 Å². The number of likely N-dealkylation sites (tertiary alicyclic amines) is 1. The van der Waals surface area contributed by atoms with Gasteiger partial charge in [0.15, 0.2) is 0 Å². The van der Waals surface area contributed by atoms with Crippen molar-refractivity contribution in [1.29, 1.82) is 0 Å². The summed E-state index contributed by atoms with van der Waals surface area (Å²) in [5, 5.41) is 7.20. The predicted molar refractivity (Wildman–Crippen MR) is 96.1 cm³/mol. The molecule has 0 bridgehead atoms. The number of hydrogen-bond acceptors (Lipinski definition) is 4. The Labute approximate surface area is 150 Å². The van der Waals surface area contributed by atoms with Crippen molar-refractivity contribution in [2.24, 2.45) is 0 Å². The lowest BCUT2D eigenvalue weighted by molar-refractivity contribution is 0.198. The highest BCUT2D eigenvalue weighted by molar-refractivity contribution is 5.62. The molecule has 26 heavy (non-hydrogen) atoms. The summed E-state index contributed by atoms with van der Waals surface area (Å²) in [6, 6.07) is 8.01. The van der Waals surface area contributed by atoms with E-state index in [4.69, 9.17) is 0 Å². The molecule has 0 amide bonds. The maximum atomic E-state index is 13.2. The summed E-state index contributed by atoms with van der Waals surface area (Å²) in [4.78, 5) is 20.8. The van der Waals surface area contributed by atoms with Crippen molar-refractivity contribution < 1.29 is 4.39 Å². The Bertz CT molecular complexity index is 933. The molecule has 0 unspecified atom stereocenters. The summed E-state index contributed by atoms with van der Waals surface area (Å²) in [5.41, 5.74) is 3.66. The van der Waals surface area contributed by atoms with Crippen LogP contribution in [0.3, 0.4) is 0 Å². The van der Waals surface area contributed by atoms with Gasteiger partial charge in [-0.25, -0.2) is 9.37 Å². The number of aromatic nitrogens is 4. The lowest BCUT2D eigenvalue weighted by Crippen LogP contribution is -2.34. The Kier molecular flexibility index (Phi) is 4.62. The van der Waals surface area contributed by atoms with Gasteiger partial charge in [-0.05, 0) is 43.7 Å². The van der Waals surface area contributed by atoms with E-state index in [0.29, 0.717) is 0 Å². The smallest absolute Gasteiger partial charge is 0.250 e. The molecule has 3 aromatic rings. The quantitative estimate of drug-likeness (QED) is 0.756. The fourth-order valence-electron chi connectivity index (χ4n) is 3.59. The molecule has 1 atom stereocenters. The van der Waals surface area contributed by atoms with Gasteiger partial charge in [0.25, 0.3) is 5.56 Å². The molecular weight excluding hydrogens is 333 g/mol. The van der Waals surface area contributed by atoms with E-state index in [1.54, 1.807) is 18.2 Å². The number of hydrogen-bond donors (Lipinski definition) is 2. The molecule has 134 valence electrons. The first-order valence-corrected chi connectivity index (χ1v) is 8.74. The third-order valence-corrected chi connectivity index (χ3v) is 4.87. The van der Waals surface area contributed by atoms with Gasteiger partial charge in [-0.2, -0.15) is 5.10 Å². The van der Waals surface area contributed by atoms with Crippen molar-refractivity contribution in [3.63, 3.8) is 0 Å². The number of halogens is 1. The maximum absolute atomic E-state index is 13.2. The van der Waals surface area contributed by atoms with E-state index in [0.717, 1.165) is 55.0 Å². The molecule has 2 N–H and O–H groups in total. The first-order valence-electron chi connectivity index (χ1n) is 8.74. The molecule has 3 heterocycles. The Balaban J connectivity index is 1.50. The normalized spacial score (nSPS) is 18.1. The highest BCUT2D eigenvalue weighted by Crippen LogP contribution is 2.28. The minimum atomic E-state index is -0.251. The van der Waals surface area contributed by atoms with E-state index < -0.39 is 0 Å². The molecule has 1 saturated heterocycles. The van der Waals surface area contributed by atoms with Crippen LogP contribution in [-0.2, 0) is 6.54 Å². The zero-order valence-electron chi connectivity index (χ0n) is 14.3. The maximum Gasteiger partial charge on any atom is 0.250 e. The summed E-state index contributed by atoms with van der Waals surface area (Å²) in [5.74, 6) is 0.00579. The van der Waals surface area contributed by atoms with Gasteiger partial charge in [-0.15, -0.1) is 0 Å². The van der Waals surface area contributed by atoms with Gasteiger partial charge >= 0.3 is 0 Å². The van der Waals surface area contributed by atoms with Crippen LogP contribution < -0.4 is 5.56 Å². The topological polar surface area (TPSA) is 77.7 Å². The molecule has 0 saturated carbocycles. The highest BCUT2D eigenvalue weighted by Gasteiger charge is 2.23. The van der Waals surface area contributed by atoms with Crippen molar-refractivity contribution in [1.82, 2.24) is 25.1 Å². The van der Waals surface area contributed by atoms with E-state index in [-0.39, 0.29) is 17.3 Å². The van der Waals surface area contributed by atoms with Crippen LogP contribution in [0.4, 0.5) is 4.39 Å². The van der Waals surface area contributed by atoms with Crippen molar-refractivity contribution in [2.45, 2.75) is 25.3 Å². The zero-order chi connectivity index (χ0) is 17.9. The van der Waals surface area contributed by atoms with Gasteiger partial charge in [0, 0.05) is 36.2 Å². The number of nitrogens with zero attached hydrogens (tertiary/aromatic N) is 3. The minimum absolute atomic E-state index is 0.111. The summed E-state index contributed by atoms with van der Waals surface area (Å²) in [7, 11) is 0. The summed E-state index contributed by atoms with van der Waals surface area (Å²) in [6.45, 7) is 2.60. The summed E-state index contributed by atoms with van der Waals surface area (Å²) >= 11 is 0. The Morgan fingerprint density at radius 1 is 1.27 bits per heavy atom. The molecular formula is C19H20FN5O. The molecule has 4 rings (SSSR count). The van der Waals surface area contributed by atoms with Crippen LogP contribution in [0.5, 0.6) is 0 Å². The largest absolute Gasteiger partial charge is 0.313 e. The average Bonchev–Trinajstić information content (AvgIpc) is 3.11. The molecule has 7 heteroatoms. The summed E-state index contributed by atoms with van der Waals surface area (Å²) < 4.78 is 13.2. The minimum Gasteiger partial charge on any atom is -0.313 e. The second-order valence-corrected chi connectivity index (χ2v) is 6.69. The zero-order valence-corrected chi connectivity index (χ0v) is 14.3. The molecule has 0 radical (unpaired) electrons. The second-order valence-electron chi connectivity index (χ2n) is 6.69. The van der Waals surface area contributed by atoms with Gasteiger partial charge in [0.1, 0.15) is 5.82 Å². The summed E-state index contributed by atoms with van der Waals surface area (Å²) in [6.07, 6.45) is 5.39. The third kappa shape index (κ3) is 3.57. The van der Waals surface area contributed by atoms with Crippen LogP contribution in [0.25, 0.3) is 11.3 Å². The van der Waals surface area contributed by atoms with E-state index >= 15 is 0 Å². The Morgan fingerprint density at radius 2 is 2.12 bits per heavy atom. The van der Waals surface area contributed by atoms with Gasteiger partial charge in [-0.3, -0.25) is 14.8 Å². The number of nitrogens with one attached hydrogen (secondary N) is 2. The average molecular weight is 353 g/mol. The van der Waals surface area contributed by atoms with Crippen LogP contribution in [0, 0.1) is 5.82 Å². The Hall–Kier alpha value is -2.80.